The Hall–Kier alpha value is -1.60. The number of sulfonamides is 1. The van der Waals surface area contributed by atoms with Crippen LogP contribution in [0.2, 0.25) is 0 Å². The summed E-state index contributed by atoms with van der Waals surface area (Å²) < 4.78 is 30.5. The third kappa shape index (κ3) is 5.73. The van der Waals surface area contributed by atoms with E-state index in [9.17, 15) is 13.2 Å². The van der Waals surface area contributed by atoms with Crippen molar-refractivity contribution in [3.8, 4) is 0 Å². The Kier molecular flexibility index (Phi) is 6.64. The van der Waals surface area contributed by atoms with Crippen LogP contribution < -0.4 is 5.73 Å². The quantitative estimate of drug-likeness (QED) is 0.578. The molecule has 0 heterocycles. The number of hydrogen-bond donors (Lipinski definition) is 1. The lowest BCUT2D eigenvalue weighted by atomic mass is 10.2. The average Bonchev–Trinajstić information content (AvgIpc) is 2.46. The molecule has 7 heteroatoms. The van der Waals surface area contributed by atoms with Crippen LogP contribution in [0.5, 0.6) is 0 Å². The van der Waals surface area contributed by atoms with Crippen LogP contribution in [-0.4, -0.2) is 38.1 Å². The van der Waals surface area contributed by atoms with Crippen LogP contribution in [0.15, 0.2) is 24.3 Å². The van der Waals surface area contributed by atoms with Gasteiger partial charge in [0.25, 0.3) is 0 Å². The van der Waals surface area contributed by atoms with Crippen molar-refractivity contribution in [1.29, 1.82) is 0 Å². The summed E-state index contributed by atoms with van der Waals surface area (Å²) in [4.78, 5) is 11.1. The van der Waals surface area contributed by atoms with Gasteiger partial charge < -0.3 is 10.5 Å². The fourth-order valence-electron chi connectivity index (χ4n) is 1.84. The number of nitrogens with zero attached hydrogens (tertiary/aromatic N) is 1. The fourth-order valence-corrected chi connectivity index (χ4v) is 3.33. The summed E-state index contributed by atoms with van der Waals surface area (Å²) in [6.07, 6.45) is 0.563. The molecule has 1 aromatic rings. The van der Waals surface area contributed by atoms with E-state index in [1.807, 2.05) is 6.92 Å². The second kappa shape index (κ2) is 7.99. The van der Waals surface area contributed by atoms with E-state index in [2.05, 4.69) is 4.74 Å². The van der Waals surface area contributed by atoms with Gasteiger partial charge in [0.1, 0.15) is 0 Å². The van der Waals surface area contributed by atoms with Gasteiger partial charge in [0, 0.05) is 18.8 Å². The Morgan fingerprint density at radius 3 is 2.43 bits per heavy atom. The third-order valence-electron chi connectivity index (χ3n) is 3.00. The van der Waals surface area contributed by atoms with Crippen LogP contribution >= 0.6 is 0 Å². The van der Waals surface area contributed by atoms with E-state index in [0.717, 1.165) is 5.56 Å². The molecular weight excluding hydrogens is 292 g/mol. The number of carbonyl (C=O) groups excluding carboxylic acids is 1. The van der Waals surface area contributed by atoms with Gasteiger partial charge in [0.05, 0.1) is 19.3 Å². The minimum absolute atomic E-state index is 0.138. The summed E-state index contributed by atoms with van der Waals surface area (Å²) in [6, 6.07) is 7.07. The first-order chi connectivity index (χ1) is 9.89. The van der Waals surface area contributed by atoms with Crippen molar-refractivity contribution in [2.75, 3.05) is 25.1 Å². The van der Waals surface area contributed by atoms with E-state index < -0.39 is 16.0 Å². The van der Waals surface area contributed by atoms with Crippen molar-refractivity contribution < 1.29 is 17.9 Å². The van der Waals surface area contributed by atoms with Gasteiger partial charge in [0.2, 0.25) is 10.0 Å². The summed E-state index contributed by atoms with van der Waals surface area (Å²) in [5.41, 5.74) is 7.11. The second-order valence-electron chi connectivity index (χ2n) is 4.72. The number of rotatable bonds is 8. The van der Waals surface area contributed by atoms with Crippen LogP contribution in [0, 0.1) is 0 Å². The fraction of sp³-hybridized carbons (Fsp3) is 0.500. The van der Waals surface area contributed by atoms with Crippen LogP contribution in [0.3, 0.4) is 0 Å². The highest BCUT2D eigenvalue weighted by molar-refractivity contribution is 7.89. The van der Waals surface area contributed by atoms with Crippen LogP contribution in [-0.2, 0) is 26.1 Å². The van der Waals surface area contributed by atoms with Crippen molar-refractivity contribution >= 4 is 21.7 Å². The van der Waals surface area contributed by atoms with Crippen LogP contribution in [0.4, 0.5) is 5.69 Å². The number of hydrogen-bond acceptors (Lipinski definition) is 5. The number of esters is 1. The molecule has 0 radical (unpaired) electrons. The van der Waals surface area contributed by atoms with Gasteiger partial charge >= 0.3 is 5.97 Å². The minimum Gasteiger partial charge on any atom is -0.469 e. The van der Waals surface area contributed by atoms with Crippen LogP contribution in [0.25, 0.3) is 0 Å². The zero-order valence-electron chi connectivity index (χ0n) is 12.4. The van der Waals surface area contributed by atoms with Gasteiger partial charge in [0.15, 0.2) is 0 Å². The first-order valence-corrected chi connectivity index (χ1v) is 8.39. The molecule has 0 atom stereocenters. The van der Waals surface area contributed by atoms with Crippen molar-refractivity contribution in [2.45, 2.75) is 26.3 Å². The van der Waals surface area contributed by atoms with E-state index in [-0.39, 0.29) is 18.7 Å². The molecule has 0 aliphatic rings. The van der Waals surface area contributed by atoms with E-state index in [4.69, 9.17) is 5.73 Å². The van der Waals surface area contributed by atoms with Gasteiger partial charge in [-0.05, 0) is 24.1 Å². The molecule has 0 spiro atoms. The number of nitrogen functional groups attached to an aromatic ring is 1. The maximum Gasteiger partial charge on any atom is 0.306 e. The van der Waals surface area contributed by atoms with E-state index in [0.29, 0.717) is 18.7 Å². The normalized spacial score (nSPS) is 11.6. The molecule has 1 aromatic carbocycles. The Morgan fingerprint density at radius 1 is 1.29 bits per heavy atom. The molecule has 0 aliphatic heterocycles. The number of anilines is 1. The highest BCUT2D eigenvalue weighted by Crippen LogP contribution is 2.13. The Morgan fingerprint density at radius 2 is 1.90 bits per heavy atom. The number of carbonyl (C=O) groups is 1. The number of methoxy groups -OCH3 is 1. The summed E-state index contributed by atoms with van der Waals surface area (Å²) in [7, 11) is -2.25. The lowest BCUT2D eigenvalue weighted by Gasteiger charge is -2.21. The van der Waals surface area contributed by atoms with E-state index in [1.54, 1.807) is 24.3 Å². The molecule has 0 aliphatic carbocycles. The van der Waals surface area contributed by atoms with Gasteiger partial charge in [-0.25, -0.2) is 8.42 Å². The monoisotopic (exact) mass is 314 g/mol. The highest BCUT2D eigenvalue weighted by atomic mass is 32.2. The SMILES string of the molecule is CCCN(Cc1ccc(N)cc1)S(=O)(=O)CCC(=O)OC. The van der Waals surface area contributed by atoms with E-state index >= 15 is 0 Å². The first kappa shape index (κ1) is 17.5. The van der Waals surface area contributed by atoms with Gasteiger partial charge in [-0.15, -0.1) is 0 Å². The second-order valence-corrected chi connectivity index (χ2v) is 6.81. The standard InChI is InChI=1S/C14H22N2O4S/c1-3-9-16(11-12-4-6-13(15)7-5-12)21(18,19)10-8-14(17)20-2/h4-7H,3,8-11,15H2,1-2H3. The Bertz CT molecular complexity index is 555. The Balaban J connectivity index is 2.79. The summed E-state index contributed by atoms with van der Waals surface area (Å²) >= 11 is 0. The maximum atomic E-state index is 12.3. The van der Waals surface area contributed by atoms with Crippen molar-refractivity contribution in [1.82, 2.24) is 4.31 Å². The van der Waals surface area contributed by atoms with Crippen molar-refractivity contribution in [2.24, 2.45) is 0 Å². The molecule has 0 amide bonds. The summed E-state index contributed by atoms with van der Waals surface area (Å²) in [5, 5.41) is 0. The molecule has 0 fully saturated rings. The highest BCUT2D eigenvalue weighted by Gasteiger charge is 2.22. The molecule has 0 unspecified atom stereocenters. The minimum atomic E-state index is -3.50. The summed E-state index contributed by atoms with van der Waals surface area (Å²) in [5.74, 6) is -0.767. The maximum absolute atomic E-state index is 12.3. The largest absolute Gasteiger partial charge is 0.469 e. The smallest absolute Gasteiger partial charge is 0.306 e. The Labute approximate surface area is 125 Å². The zero-order valence-corrected chi connectivity index (χ0v) is 13.2. The van der Waals surface area contributed by atoms with Gasteiger partial charge in [-0.1, -0.05) is 19.1 Å². The first-order valence-electron chi connectivity index (χ1n) is 6.78. The molecular formula is C14H22N2O4S. The molecule has 0 saturated heterocycles. The predicted molar refractivity (Wildman–Crippen MR) is 82.0 cm³/mol. The average molecular weight is 314 g/mol. The van der Waals surface area contributed by atoms with E-state index in [1.165, 1.54) is 11.4 Å². The van der Waals surface area contributed by atoms with Crippen LogP contribution in [0.1, 0.15) is 25.3 Å². The number of nitrogens with two attached hydrogens (primary N) is 1. The number of benzene rings is 1. The molecule has 6 nitrogen and oxygen atoms in total. The van der Waals surface area contributed by atoms with Crippen molar-refractivity contribution in [3.05, 3.63) is 29.8 Å². The molecule has 1 rings (SSSR count). The van der Waals surface area contributed by atoms with Gasteiger partial charge in [-0.2, -0.15) is 4.31 Å². The van der Waals surface area contributed by atoms with Gasteiger partial charge in [-0.3, -0.25) is 4.79 Å². The predicted octanol–water partition coefficient (Wildman–Crippen LogP) is 1.37. The van der Waals surface area contributed by atoms with Crippen molar-refractivity contribution in [3.63, 3.8) is 0 Å². The molecule has 118 valence electrons. The lowest BCUT2D eigenvalue weighted by molar-refractivity contribution is -0.140. The molecule has 0 saturated carbocycles. The lowest BCUT2D eigenvalue weighted by Crippen LogP contribution is -2.34. The number of ether oxygens (including phenoxy) is 1. The molecule has 2 N–H and O–H groups in total. The zero-order chi connectivity index (χ0) is 15.9. The third-order valence-corrected chi connectivity index (χ3v) is 4.82. The molecule has 0 aromatic heterocycles. The molecule has 21 heavy (non-hydrogen) atoms. The molecule has 0 bridgehead atoms. The summed E-state index contributed by atoms with van der Waals surface area (Å²) in [6.45, 7) is 2.59. The topological polar surface area (TPSA) is 89.7 Å².